The minimum atomic E-state index is -0.917. The van der Waals surface area contributed by atoms with Gasteiger partial charge in [0, 0.05) is 33.4 Å². The third kappa shape index (κ3) is 6.11. The fourth-order valence-corrected chi connectivity index (χ4v) is 1.19. The highest BCUT2D eigenvalue weighted by atomic mass is 16.5. The number of aliphatic carboxylic acids is 1. The monoisotopic (exact) mass is 246 g/mol. The van der Waals surface area contributed by atoms with E-state index in [4.69, 9.17) is 9.84 Å². The van der Waals surface area contributed by atoms with E-state index in [1.807, 2.05) is 0 Å². The van der Waals surface area contributed by atoms with Crippen LogP contribution in [0, 0.1) is 5.92 Å². The van der Waals surface area contributed by atoms with Gasteiger partial charge < -0.3 is 20.1 Å². The molecule has 2 amide bonds. The lowest BCUT2D eigenvalue weighted by Crippen LogP contribution is -2.46. The van der Waals surface area contributed by atoms with E-state index in [0.717, 1.165) is 6.42 Å². The Hall–Kier alpha value is -1.30. The fourth-order valence-electron chi connectivity index (χ4n) is 1.19. The lowest BCUT2D eigenvalue weighted by atomic mass is 10.0. The predicted octanol–water partition coefficient (Wildman–Crippen LogP) is 0.773. The molecule has 0 radical (unpaired) electrons. The van der Waals surface area contributed by atoms with Gasteiger partial charge in [0.1, 0.15) is 0 Å². The maximum absolute atomic E-state index is 11.7. The molecular formula is C11H22N2O4. The molecule has 0 aliphatic heterocycles. The first kappa shape index (κ1) is 15.7. The van der Waals surface area contributed by atoms with Crippen LogP contribution in [0.15, 0.2) is 0 Å². The molecule has 0 heterocycles. The van der Waals surface area contributed by atoms with Crippen molar-refractivity contribution in [2.24, 2.45) is 5.92 Å². The number of ether oxygens (including phenoxy) is 1. The van der Waals surface area contributed by atoms with Crippen LogP contribution in [0.25, 0.3) is 0 Å². The Bertz CT molecular complexity index is 258. The van der Waals surface area contributed by atoms with E-state index in [9.17, 15) is 9.59 Å². The first-order chi connectivity index (χ1) is 7.90. The van der Waals surface area contributed by atoms with Crippen LogP contribution in [0.5, 0.6) is 0 Å². The van der Waals surface area contributed by atoms with Gasteiger partial charge in [-0.05, 0) is 20.3 Å². The Kier molecular flexibility index (Phi) is 7.29. The number of nitrogens with one attached hydrogen (secondary N) is 1. The summed E-state index contributed by atoms with van der Waals surface area (Å²) >= 11 is 0. The summed E-state index contributed by atoms with van der Waals surface area (Å²) in [6, 6.07) is -0.661. The number of hydrogen-bond acceptors (Lipinski definition) is 3. The number of carbonyl (C=O) groups is 2. The third-order valence-corrected chi connectivity index (χ3v) is 2.68. The average molecular weight is 246 g/mol. The van der Waals surface area contributed by atoms with E-state index in [0.29, 0.717) is 13.2 Å². The van der Waals surface area contributed by atoms with Crippen molar-refractivity contribution < 1.29 is 19.4 Å². The van der Waals surface area contributed by atoms with Crippen LogP contribution in [0.4, 0.5) is 4.79 Å². The van der Waals surface area contributed by atoms with Crippen molar-refractivity contribution in [3.8, 4) is 0 Å². The number of carboxylic acid groups (broad SMARTS) is 1. The molecule has 6 heteroatoms. The second-order valence-corrected chi connectivity index (χ2v) is 4.13. The van der Waals surface area contributed by atoms with Gasteiger partial charge in [-0.15, -0.1) is 0 Å². The van der Waals surface area contributed by atoms with Crippen molar-refractivity contribution in [2.45, 2.75) is 26.3 Å². The molecule has 6 nitrogen and oxygen atoms in total. The SMILES string of the molecule is COCCCN(C)C(=O)NC(C)C(C)C(=O)O. The van der Waals surface area contributed by atoms with Crippen molar-refractivity contribution in [2.75, 3.05) is 27.3 Å². The van der Waals surface area contributed by atoms with E-state index < -0.39 is 17.9 Å². The summed E-state index contributed by atoms with van der Waals surface area (Å²) < 4.78 is 4.89. The number of hydrogen-bond donors (Lipinski definition) is 2. The molecule has 0 aliphatic rings. The quantitative estimate of drug-likeness (QED) is 0.650. The Balaban J connectivity index is 4.02. The molecular weight excluding hydrogens is 224 g/mol. The Morgan fingerprint density at radius 2 is 2.00 bits per heavy atom. The number of nitrogens with zero attached hydrogens (tertiary/aromatic N) is 1. The molecule has 0 aliphatic carbocycles. The maximum atomic E-state index is 11.7. The molecule has 17 heavy (non-hydrogen) atoms. The minimum absolute atomic E-state index is 0.262. The normalized spacial score (nSPS) is 13.9. The van der Waals surface area contributed by atoms with Crippen molar-refractivity contribution in [3.05, 3.63) is 0 Å². The van der Waals surface area contributed by atoms with Crippen LogP contribution < -0.4 is 5.32 Å². The van der Waals surface area contributed by atoms with Gasteiger partial charge in [-0.25, -0.2) is 4.79 Å². The Morgan fingerprint density at radius 1 is 1.41 bits per heavy atom. The number of carbonyl (C=O) groups excluding carboxylic acids is 1. The third-order valence-electron chi connectivity index (χ3n) is 2.68. The molecule has 100 valence electrons. The minimum Gasteiger partial charge on any atom is -0.481 e. The second-order valence-electron chi connectivity index (χ2n) is 4.13. The molecule has 0 fully saturated rings. The highest BCUT2D eigenvalue weighted by molar-refractivity contribution is 5.76. The van der Waals surface area contributed by atoms with E-state index in [1.165, 1.54) is 4.90 Å². The number of amides is 2. The number of urea groups is 1. The van der Waals surface area contributed by atoms with Crippen LogP contribution in [-0.2, 0) is 9.53 Å². The van der Waals surface area contributed by atoms with Gasteiger partial charge in [-0.3, -0.25) is 4.79 Å². The maximum Gasteiger partial charge on any atom is 0.317 e. The summed E-state index contributed by atoms with van der Waals surface area (Å²) in [5, 5.41) is 11.4. The fraction of sp³-hybridized carbons (Fsp3) is 0.818. The molecule has 0 aromatic carbocycles. The molecule has 2 atom stereocenters. The van der Waals surface area contributed by atoms with Crippen molar-refractivity contribution >= 4 is 12.0 Å². The van der Waals surface area contributed by atoms with Gasteiger partial charge >= 0.3 is 12.0 Å². The van der Waals surface area contributed by atoms with Gasteiger partial charge in [-0.2, -0.15) is 0 Å². The standard InChI is InChI=1S/C11H22N2O4/c1-8(10(14)15)9(2)12-11(16)13(3)6-5-7-17-4/h8-9H,5-7H2,1-4H3,(H,12,16)(H,14,15). The Labute approximate surface area is 102 Å². The van der Waals surface area contributed by atoms with Crippen LogP contribution >= 0.6 is 0 Å². The van der Waals surface area contributed by atoms with Gasteiger partial charge in [0.2, 0.25) is 0 Å². The summed E-state index contributed by atoms with van der Waals surface area (Å²) in [5.74, 6) is -1.52. The van der Waals surface area contributed by atoms with Gasteiger partial charge in [-0.1, -0.05) is 0 Å². The summed E-state index contributed by atoms with van der Waals surface area (Å²) in [6.45, 7) is 4.42. The molecule has 2 N–H and O–H groups in total. The molecule has 0 spiro atoms. The lowest BCUT2D eigenvalue weighted by Gasteiger charge is -2.23. The van der Waals surface area contributed by atoms with Crippen molar-refractivity contribution in [1.29, 1.82) is 0 Å². The van der Waals surface area contributed by atoms with Gasteiger partial charge in [0.25, 0.3) is 0 Å². The van der Waals surface area contributed by atoms with E-state index in [1.54, 1.807) is 28.0 Å². The first-order valence-corrected chi connectivity index (χ1v) is 5.63. The smallest absolute Gasteiger partial charge is 0.317 e. The van der Waals surface area contributed by atoms with Gasteiger partial charge in [0.15, 0.2) is 0 Å². The largest absolute Gasteiger partial charge is 0.481 e. The summed E-state index contributed by atoms with van der Waals surface area (Å²) in [6.07, 6.45) is 0.753. The highest BCUT2D eigenvalue weighted by Gasteiger charge is 2.21. The summed E-state index contributed by atoms with van der Waals surface area (Å²) in [4.78, 5) is 23.9. The predicted molar refractivity (Wildman–Crippen MR) is 63.9 cm³/mol. The number of carboxylic acids is 1. The van der Waals surface area contributed by atoms with E-state index in [-0.39, 0.29) is 6.03 Å². The van der Waals surface area contributed by atoms with E-state index in [2.05, 4.69) is 5.32 Å². The van der Waals surface area contributed by atoms with Crippen LogP contribution in [-0.4, -0.2) is 55.4 Å². The van der Waals surface area contributed by atoms with Crippen molar-refractivity contribution in [3.63, 3.8) is 0 Å². The zero-order valence-corrected chi connectivity index (χ0v) is 10.9. The zero-order valence-electron chi connectivity index (χ0n) is 10.9. The molecule has 0 aromatic rings. The van der Waals surface area contributed by atoms with Crippen LogP contribution in [0.2, 0.25) is 0 Å². The van der Waals surface area contributed by atoms with Crippen LogP contribution in [0.1, 0.15) is 20.3 Å². The highest BCUT2D eigenvalue weighted by Crippen LogP contribution is 2.03. The van der Waals surface area contributed by atoms with Crippen molar-refractivity contribution in [1.82, 2.24) is 10.2 Å². The Morgan fingerprint density at radius 3 is 2.47 bits per heavy atom. The van der Waals surface area contributed by atoms with Gasteiger partial charge in [0.05, 0.1) is 5.92 Å². The lowest BCUT2D eigenvalue weighted by molar-refractivity contribution is -0.141. The summed E-state index contributed by atoms with van der Waals surface area (Å²) in [5.41, 5.74) is 0. The summed E-state index contributed by atoms with van der Waals surface area (Å²) in [7, 11) is 3.28. The first-order valence-electron chi connectivity index (χ1n) is 5.63. The number of methoxy groups -OCH3 is 1. The molecule has 0 bridgehead atoms. The van der Waals surface area contributed by atoms with E-state index >= 15 is 0 Å². The molecule has 0 aromatic heterocycles. The molecule has 0 saturated heterocycles. The molecule has 0 rings (SSSR count). The average Bonchev–Trinajstić information content (AvgIpc) is 2.27. The second kappa shape index (κ2) is 7.89. The zero-order chi connectivity index (χ0) is 13.4. The molecule has 2 unspecified atom stereocenters. The topological polar surface area (TPSA) is 78.9 Å². The number of rotatable bonds is 7. The molecule has 0 saturated carbocycles. The van der Waals surface area contributed by atoms with Crippen LogP contribution in [0.3, 0.4) is 0 Å².